The highest BCUT2D eigenvalue weighted by molar-refractivity contribution is 7.14. The normalized spacial score (nSPS) is 9.83. The summed E-state index contributed by atoms with van der Waals surface area (Å²) in [5, 5.41) is 6.98. The molecular formula is C11H10N4O2S. The molecule has 0 aliphatic rings. The fraction of sp³-hybridized carbons (Fsp3) is 0.0909. The Balaban J connectivity index is 1.95. The molecule has 2 N–H and O–H groups in total. The number of aromatic nitrogens is 2. The van der Waals surface area contributed by atoms with Crippen LogP contribution in [0.1, 0.15) is 5.69 Å². The van der Waals surface area contributed by atoms with Crippen molar-refractivity contribution in [2.45, 2.75) is 6.92 Å². The maximum atomic E-state index is 11.5. The van der Waals surface area contributed by atoms with E-state index in [4.69, 9.17) is 0 Å². The first-order valence-electron chi connectivity index (χ1n) is 5.10. The first kappa shape index (κ1) is 12.2. The number of hydrogen-bond donors (Lipinski definition) is 2. The van der Waals surface area contributed by atoms with Crippen molar-refractivity contribution >= 4 is 34.1 Å². The zero-order chi connectivity index (χ0) is 13.0. The third-order valence-electron chi connectivity index (χ3n) is 1.95. The molecule has 0 fully saturated rings. The van der Waals surface area contributed by atoms with E-state index in [-0.39, 0.29) is 0 Å². The van der Waals surface area contributed by atoms with E-state index in [9.17, 15) is 9.59 Å². The van der Waals surface area contributed by atoms with Gasteiger partial charge in [0.2, 0.25) is 0 Å². The number of hydrogen-bond acceptors (Lipinski definition) is 5. The smallest absolute Gasteiger partial charge is 0.302 e. The lowest BCUT2D eigenvalue weighted by atomic mass is 10.4. The van der Waals surface area contributed by atoms with Crippen LogP contribution in [0.2, 0.25) is 0 Å². The van der Waals surface area contributed by atoms with Crippen LogP contribution in [0, 0.1) is 6.92 Å². The molecule has 92 valence electrons. The summed E-state index contributed by atoms with van der Waals surface area (Å²) >= 11 is 1.26. The van der Waals surface area contributed by atoms with Crippen LogP contribution < -0.4 is 10.6 Å². The van der Waals surface area contributed by atoms with Gasteiger partial charge in [-0.2, -0.15) is 0 Å². The maximum Gasteiger partial charge on any atom is 0.315 e. The highest BCUT2D eigenvalue weighted by Crippen LogP contribution is 2.14. The largest absolute Gasteiger partial charge is 0.315 e. The number of pyridine rings is 1. The molecule has 0 atom stereocenters. The minimum absolute atomic E-state index is 0.327. The second-order valence-corrected chi connectivity index (χ2v) is 4.28. The number of amides is 2. The minimum atomic E-state index is -0.776. The molecule has 0 bridgehead atoms. The SMILES string of the molecule is Cc1csc(NC(=O)C(=O)Nc2ccccn2)n1. The molecule has 0 aliphatic heterocycles. The molecule has 2 aromatic heterocycles. The van der Waals surface area contributed by atoms with Gasteiger partial charge >= 0.3 is 11.8 Å². The van der Waals surface area contributed by atoms with Crippen molar-refractivity contribution in [2.24, 2.45) is 0 Å². The van der Waals surface area contributed by atoms with Gasteiger partial charge in [0.1, 0.15) is 5.82 Å². The predicted molar refractivity (Wildman–Crippen MR) is 68.3 cm³/mol. The van der Waals surface area contributed by atoms with E-state index in [1.165, 1.54) is 17.5 Å². The lowest BCUT2D eigenvalue weighted by molar-refractivity contribution is -0.133. The number of nitrogens with one attached hydrogen (secondary N) is 2. The first-order valence-corrected chi connectivity index (χ1v) is 5.98. The highest BCUT2D eigenvalue weighted by Gasteiger charge is 2.15. The van der Waals surface area contributed by atoms with Gasteiger partial charge in [-0.25, -0.2) is 9.97 Å². The molecule has 18 heavy (non-hydrogen) atoms. The average Bonchev–Trinajstić information content (AvgIpc) is 2.76. The van der Waals surface area contributed by atoms with Crippen LogP contribution in [0.5, 0.6) is 0 Å². The number of rotatable bonds is 2. The second-order valence-electron chi connectivity index (χ2n) is 3.42. The summed E-state index contributed by atoms with van der Waals surface area (Å²) in [6, 6.07) is 5.03. The molecule has 2 rings (SSSR count). The van der Waals surface area contributed by atoms with E-state index in [0.29, 0.717) is 10.9 Å². The van der Waals surface area contributed by atoms with Crippen molar-refractivity contribution in [1.29, 1.82) is 0 Å². The molecule has 0 spiro atoms. The van der Waals surface area contributed by atoms with Crippen LogP contribution in [0.4, 0.5) is 10.9 Å². The number of carbonyl (C=O) groups is 2. The first-order chi connectivity index (χ1) is 8.65. The van der Waals surface area contributed by atoms with Crippen LogP contribution in [0.25, 0.3) is 0 Å². The van der Waals surface area contributed by atoms with Crippen molar-refractivity contribution in [3.05, 3.63) is 35.5 Å². The molecule has 2 amide bonds. The number of anilines is 2. The predicted octanol–water partition coefficient (Wildman–Crippen LogP) is 1.42. The van der Waals surface area contributed by atoms with Gasteiger partial charge in [-0.05, 0) is 19.1 Å². The number of aryl methyl sites for hydroxylation is 1. The van der Waals surface area contributed by atoms with Gasteiger partial charge in [0, 0.05) is 11.6 Å². The zero-order valence-corrected chi connectivity index (χ0v) is 10.3. The summed E-state index contributed by atoms with van der Waals surface area (Å²) in [5.74, 6) is -1.22. The number of nitrogens with zero attached hydrogens (tertiary/aromatic N) is 2. The molecular weight excluding hydrogens is 252 g/mol. The Morgan fingerprint density at radius 3 is 2.61 bits per heavy atom. The Morgan fingerprint density at radius 2 is 2.00 bits per heavy atom. The fourth-order valence-electron chi connectivity index (χ4n) is 1.18. The average molecular weight is 262 g/mol. The molecule has 0 radical (unpaired) electrons. The van der Waals surface area contributed by atoms with Gasteiger partial charge in [-0.15, -0.1) is 11.3 Å². The summed E-state index contributed by atoms with van der Waals surface area (Å²) in [4.78, 5) is 31.0. The van der Waals surface area contributed by atoms with Crippen LogP contribution >= 0.6 is 11.3 Å². The van der Waals surface area contributed by atoms with Crippen molar-refractivity contribution < 1.29 is 9.59 Å². The highest BCUT2D eigenvalue weighted by atomic mass is 32.1. The van der Waals surface area contributed by atoms with E-state index in [1.807, 2.05) is 0 Å². The lowest BCUT2D eigenvalue weighted by Crippen LogP contribution is -2.29. The van der Waals surface area contributed by atoms with Crippen LogP contribution in [-0.2, 0) is 9.59 Å². The summed E-state index contributed by atoms with van der Waals surface area (Å²) in [6.07, 6.45) is 1.53. The van der Waals surface area contributed by atoms with Gasteiger partial charge in [0.05, 0.1) is 5.69 Å². The monoisotopic (exact) mass is 262 g/mol. The zero-order valence-electron chi connectivity index (χ0n) is 9.51. The van der Waals surface area contributed by atoms with Crippen molar-refractivity contribution in [3.63, 3.8) is 0 Å². The van der Waals surface area contributed by atoms with Crippen LogP contribution in [-0.4, -0.2) is 21.8 Å². The molecule has 6 nitrogen and oxygen atoms in total. The summed E-state index contributed by atoms with van der Waals surface area (Å²) in [5.41, 5.74) is 0.792. The fourth-order valence-corrected chi connectivity index (χ4v) is 1.86. The molecule has 0 aromatic carbocycles. The Kier molecular flexibility index (Phi) is 3.63. The third kappa shape index (κ3) is 3.11. The standard InChI is InChI=1S/C11H10N4O2S/c1-7-6-18-11(13-7)15-10(17)9(16)14-8-4-2-3-5-12-8/h2-6H,1H3,(H,12,14,16)(H,13,15,17). The van der Waals surface area contributed by atoms with Crippen molar-refractivity contribution in [2.75, 3.05) is 10.6 Å². The topological polar surface area (TPSA) is 84.0 Å². The third-order valence-corrected chi connectivity index (χ3v) is 2.83. The van der Waals surface area contributed by atoms with Gasteiger partial charge < -0.3 is 5.32 Å². The van der Waals surface area contributed by atoms with E-state index in [0.717, 1.165) is 5.69 Å². The van der Waals surface area contributed by atoms with Crippen molar-refractivity contribution in [3.8, 4) is 0 Å². The van der Waals surface area contributed by atoms with Crippen molar-refractivity contribution in [1.82, 2.24) is 9.97 Å². The van der Waals surface area contributed by atoms with E-state index >= 15 is 0 Å². The second kappa shape index (κ2) is 5.37. The molecule has 0 aliphatic carbocycles. The molecule has 0 saturated carbocycles. The Morgan fingerprint density at radius 1 is 1.22 bits per heavy atom. The van der Waals surface area contributed by atoms with E-state index < -0.39 is 11.8 Å². The molecule has 0 saturated heterocycles. The molecule has 7 heteroatoms. The minimum Gasteiger partial charge on any atom is -0.302 e. The summed E-state index contributed by atoms with van der Waals surface area (Å²) in [6.45, 7) is 1.81. The Bertz CT molecular complexity index is 567. The van der Waals surface area contributed by atoms with Gasteiger partial charge in [-0.3, -0.25) is 14.9 Å². The van der Waals surface area contributed by atoms with Gasteiger partial charge in [-0.1, -0.05) is 6.07 Å². The number of thiazole rings is 1. The molecule has 2 aromatic rings. The lowest BCUT2D eigenvalue weighted by Gasteiger charge is -2.03. The molecule has 2 heterocycles. The molecule has 0 unspecified atom stereocenters. The Hall–Kier alpha value is -2.28. The van der Waals surface area contributed by atoms with Crippen LogP contribution in [0.15, 0.2) is 29.8 Å². The van der Waals surface area contributed by atoms with Crippen LogP contribution in [0.3, 0.4) is 0 Å². The van der Waals surface area contributed by atoms with Gasteiger partial charge in [0.15, 0.2) is 5.13 Å². The van der Waals surface area contributed by atoms with Gasteiger partial charge in [0.25, 0.3) is 0 Å². The van der Waals surface area contributed by atoms with E-state index in [1.54, 1.807) is 30.5 Å². The quantitative estimate of drug-likeness (QED) is 0.802. The summed E-state index contributed by atoms with van der Waals surface area (Å²) < 4.78 is 0. The maximum absolute atomic E-state index is 11.5. The number of carbonyl (C=O) groups excluding carboxylic acids is 2. The van der Waals surface area contributed by atoms with E-state index in [2.05, 4.69) is 20.6 Å². The summed E-state index contributed by atoms with van der Waals surface area (Å²) in [7, 11) is 0. The Labute approximate surface area is 107 Å².